The van der Waals surface area contributed by atoms with Gasteiger partial charge in [0.25, 0.3) is 0 Å². The largest absolute Gasteiger partial charge is 0.383 e. The van der Waals surface area contributed by atoms with Crippen LogP contribution in [-0.2, 0) is 4.74 Å². The molecule has 1 fully saturated rings. The minimum atomic E-state index is 0.511. The third-order valence-corrected chi connectivity index (χ3v) is 4.31. The number of rotatable bonds is 7. The van der Waals surface area contributed by atoms with Gasteiger partial charge in [0.2, 0.25) is 0 Å². The predicted octanol–water partition coefficient (Wildman–Crippen LogP) is 2.51. The van der Waals surface area contributed by atoms with Crippen molar-refractivity contribution in [1.29, 1.82) is 0 Å². The molecule has 3 nitrogen and oxygen atoms in total. The lowest BCUT2D eigenvalue weighted by molar-refractivity contribution is 0.0353. The topological polar surface area (TPSA) is 24.5 Å². The second-order valence-electron chi connectivity index (χ2n) is 5.78. The maximum absolute atomic E-state index is 5.34. The van der Waals surface area contributed by atoms with Gasteiger partial charge < -0.3 is 10.1 Å². The first kappa shape index (κ1) is 15.9. The molecule has 0 aromatic heterocycles. The van der Waals surface area contributed by atoms with Crippen LogP contribution in [0.3, 0.4) is 0 Å². The number of likely N-dealkylation sites (N-methyl/N-ethyl adjacent to an activating group) is 2. The van der Waals surface area contributed by atoms with E-state index < -0.39 is 0 Å². The van der Waals surface area contributed by atoms with Crippen LogP contribution in [0.2, 0.25) is 0 Å². The molecule has 0 amide bonds. The number of nitrogens with zero attached hydrogens (tertiary/aromatic N) is 1. The van der Waals surface area contributed by atoms with Gasteiger partial charge in [0.1, 0.15) is 0 Å². The van der Waals surface area contributed by atoms with Crippen molar-refractivity contribution in [3.05, 3.63) is 0 Å². The molecule has 0 spiro atoms. The maximum Gasteiger partial charge on any atom is 0.0615 e. The number of ether oxygens (including phenoxy) is 1. The van der Waals surface area contributed by atoms with Crippen LogP contribution in [0.1, 0.15) is 47.0 Å². The summed E-state index contributed by atoms with van der Waals surface area (Å²) in [7, 11) is 1.80. The lowest BCUT2D eigenvalue weighted by Crippen LogP contribution is -2.56. The molecule has 4 atom stereocenters. The van der Waals surface area contributed by atoms with Gasteiger partial charge in [-0.05, 0) is 45.2 Å². The zero-order valence-electron chi connectivity index (χ0n) is 12.9. The van der Waals surface area contributed by atoms with E-state index in [0.29, 0.717) is 18.1 Å². The zero-order chi connectivity index (χ0) is 13.5. The van der Waals surface area contributed by atoms with Crippen molar-refractivity contribution in [2.45, 2.75) is 65.1 Å². The highest BCUT2D eigenvalue weighted by atomic mass is 16.5. The maximum atomic E-state index is 5.34. The molecule has 0 aromatic carbocycles. The average Bonchev–Trinajstić information content (AvgIpc) is 2.34. The normalized spacial score (nSPS) is 30.7. The molecule has 0 radical (unpaired) electrons. The quantitative estimate of drug-likeness (QED) is 0.757. The molecule has 1 N–H and O–H groups in total. The van der Waals surface area contributed by atoms with Crippen molar-refractivity contribution in [2.75, 3.05) is 26.8 Å². The molecule has 0 saturated heterocycles. The first-order chi connectivity index (χ1) is 8.63. The second-order valence-corrected chi connectivity index (χ2v) is 5.78. The van der Waals surface area contributed by atoms with Crippen LogP contribution < -0.4 is 5.32 Å². The Balaban J connectivity index is 2.70. The number of hydrogen-bond donors (Lipinski definition) is 1. The van der Waals surface area contributed by atoms with Crippen molar-refractivity contribution in [3.63, 3.8) is 0 Å². The molecule has 4 unspecified atom stereocenters. The molecule has 0 aliphatic heterocycles. The summed E-state index contributed by atoms with van der Waals surface area (Å²) in [6, 6.07) is 1.84. The van der Waals surface area contributed by atoms with Crippen LogP contribution in [0.5, 0.6) is 0 Å². The average molecular weight is 256 g/mol. The monoisotopic (exact) mass is 256 g/mol. The van der Waals surface area contributed by atoms with E-state index in [-0.39, 0.29) is 0 Å². The highest BCUT2D eigenvalue weighted by Crippen LogP contribution is 2.29. The van der Waals surface area contributed by atoms with E-state index in [1.807, 2.05) is 0 Å². The second kappa shape index (κ2) is 8.13. The minimum absolute atomic E-state index is 0.511. The van der Waals surface area contributed by atoms with Crippen molar-refractivity contribution < 1.29 is 4.74 Å². The Hall–Kier alpha value is -0.120. The molecule has 1 saturated carbocycles. The fraction of sp³-hybridized carbons (Fsp3) is 1.00. The summed E-state index contributed by atoms with van der Waals surface area (Å²) in [5, 5.41) is 3.68. The Morgan fingerprint density at radius 1 is 1.33 bits per heavy atom. The fourth-order valence-electron chi connectivity index (χ4n) is 3.43. The summed E-state index contributed by atoms with van der Waals surface area (Å²) in [6.45, 7) is 12.2. The molecule has 0 bridgehead atoms. The standard InChI is InChI=1S/C15H32N2O/c1-6-16-14-9-8-12(3)10-15(14)17(7-2)13(4)11-18-5/h12-16H,6-11H2,1-5H3. The molecule has 1 aliphatic rings. The highest BCUT2D eigenvalue weighted by Gasteiger charge is 2.33. The Labute approximate surface area is 113 Å². The van der Waals surface area contributed by atoms with Gasteiger partial charge in [0.05, 0.1) is 6.61 Å². The van der Waals surface area contributed by atoms with Crippen molar-refractivity contribution in [3.8, 4) is 0 Å². The van der Waals surface area contributed by atoms with Crippen LogP contribution >= 0.6 is 0 Å². The van der Waals surface area contributed by atoms with Crippen molar-refractivity contribution >= 4 is 0 Å². The van der Waals surface area contributed by atoms with Gasteiger partial charge in [-0.15, -0.1) is 0 Å². The smallest absolute Gasteiger partial charge is 0.0615 e. The SMILES string of the molecule is CCNC1CCC(C)CC1N(CC)C(C)COC. The van der Waals surface area contributed by atoms with E-state index >= 15 is 0 Å². The van der Waals surface area contributed by atoms with E-state index in [9.17, 15) is 0 Å². The van der Waals surface area contributed by atoms with E-state index in [1.54, 1.807) is 7.11 Å². The third-order valence-electron chi connectivity index (χ3n) is 4.31. The number of nitrogens with one attached hydrogen (secondary N) is 1. The van der Waals surface area contributed by atoms with Crippen LogP contribution in [0.25, 0.3) is 0 Å². The van der Waals surface area contributed by atoms with Crippen LogP contribution in [-0.4, -0.2) is 49.8 Å². The van der Waals surface area contributed by atoms with Gasteiger partial charge in [-0.25, -0.2) is 0 Å². The number of hydrogen-bond acceptors (Lipinski definition) is 3. The summed E-state index contributed by atoms with van der Waals surface area (Å²) in [5.74, 6) is 0.855. The van der Waals surface area contributed by atoms with Gasteiger partial charge in [-0.3, -0.25) is 4.90 Å². The Morgan fingerprint density at radius 2 is 2.06 bits per heavy atom. The molecular formula is C15H32N2O. The van der Waals surface area contributed by atoms with Gasteiger partial charge in [-0.2, -0.15) is 0 Å². The van der Waals surface area contributed by atoms with E-state index in [2.05, 4.69) is 37.9 Å². The fourth-order valence-corrected chi connectivity index (χ4v) is 3.43. The van der Waals surface area contributed by atoms with Gasteiger partial charge in [-0.1, -0.05) is 20.8 Å². The minimum Gasteiger partial charge on any atom is -0.383 e. The molecule has 108 valence electrons. The van der Waals surface area contributed by atoms with Crippen molar-refractivity contribution in [2.24, 2.45) is 5.92 Å². The van der Waals surface area contributed by atoms with Crippen LogP contribution in [0.4, 0.5) is 0 Å². The van der Waals surface area contributed by atoms with Gasteiger partial charge in [0.15, 0.2) is 0 Å². The van der Waals surface area contributed by atoms with Crippen LogP contribution in [0.15, 0.2) is 0 Å². The molecular weight excluding hydrogens is 224 g/mol. The summed E-state index contributed by atoms with van der Waals surface area (Å²) < 4.78 is 5.34. The first-order valence-electron chi connectivity index (χ1n) is 7.62. The predicted molar refractivity (Wildman–Crippen MR) is 78.0 cm³/mol. The first-order valence-corrected chi connectivity index (χ1v) is 7.62. The van der Waals surface area contributed by atoms with Gasteiger partial charge >= 0.3 is 0 Å². The molecule has 18 heavy (non-hydrogen) atoms. The van der Waals surface area contributed by atoms with E-state index in [4.69, 9.17) is 4.74 Å². The van der Waals surface area contributed by atoms with Crippen LogP contribution in [0, 0.1) is 5.92 Å². The lowest BCUT2D eigenvalue weighted by Gasteiger charge is -2.44. The van der Waals surface area contributed by atoms with E-state index in [1.165, 1.54) is 19.3 Å². The highest BCUT2D eigenvalue weighted by molar-refractivity contribution is 4.91. The van der Waals surface area contributed by atoms with Crippen molar-refractivity contribution in [1.82, 2.24) is 10.2 Å². The summed E-state index contributed by atoms with van der Waals surface area (Å²) >= 11 is 0. The molecule has 1 rings (SSSR count). The van der Waals surface area contributed by atoms with E-state index in [0.717, 1.165) is 25.6 Å². The third kappa shape index (κ3) is 4.22. The van der Waals surface area contributed by atoms with Gasteiger partial charge in [0, 0.05) is 25.2 Å². The molecule has 0 aromatic rings. The number of methoxy groups -OCH3 is 1. The molecule has 3 heteroatoms. The summed E-state index contributed by atoms with van der Waals surface area (Å²) in [5.41, 5.74) is 0. The summed E-state index contributed by atoms with van der Waals surface area (Å²) in [6.07, 6.45) is 4.00. The molecule has 0 heterocycles. The lowest BCUT2D eigenvalue weighted by atomic mass is 9.82. The summed E-state index contributed by atoms with van der Waals surface area (Å²) in [4.78, 5) is 2.63. The Bertz CT molecular complexity index is 223. The zero-order valence-corrected chi connectivity index (χ0v) is 12.9. The Morgan fingerprint density at radius 3 is 2.61 bits per heavy atom. The molecule has 1 aliphatic carbocycles. The Kier molecular flexibility index (Phi) is 7.20.